The molecule has 0 saturated heterocycles. The number of amides is 1. The molecule has 1 amide bonds. The highest BCUT2D eigenvalue weighted by molar-refractivity contribution is 5.78. The van der Waals surface area contributed by atoms with Crippen molar-refractivity contribution in [1.82, 2.24) is 5.32 Å². The Morgan fingerprint density at radius 2 is 1.62 bits per heavy atom. The summed E-state index contributed by atoms with van der Waals surface area (Å²) in [4.78, 5) is 12.1. The van der Waals surface area contributed by atoms with Gasteiger partial charge in [-0.1, -0.05) is 12.1 Å². The van der Waals surface area contributed by atoms with Crippen LogP contribution in [0.1, 0.15) is 16.7 Å². The molecular formula is C19H23NO4. The van der Waals surface area contributed by atoms with Crippen LogP contribution in [0, 0.1) is 6.92 Å². The van der Waals surface area contributed by atoms with Crippen LogP contribution in [0.15, 0.2) is 36.4 Å². The quantitative estimate of drug-likeness (QED) is 0.848. The predicted octanol–water partition coefficient (Wildman–Crippen LogP) is 2.88. The summed E-state index contributed by atoms with van der Waals surface area (Å²) in [6.45, 7) is 2.34. The third-order valence-electron chi connectivity index (χ3n) is 3.80. The highest BCUT2D eigenvalue weighted by atomic mass is 16.5. The maximum absolute atomic E-state index is 12.1. The maximum atomic E-state index is 12.1. The van der Waals surface area contributed by atoms with Crippen LogP contribution >= 0.6 is 0 Å². The average Bonchev–Trinajstić information content (AvgIpc) is 2.60. The van der Waals surface area contributed by atoms with E-state index in [4.69, 9.17) is 14.2 Å². The molecule has 0 heterocycles. The van der Waals surface area contributed by atoms with Crippen molar-refractivity contribution < 1.29 is 19.0 Å². The first-order valence-electron chi connectivity index (χ1n) is 7.68. The number of nitrogens with one attached hydrogen (secondary N) is 1. The molecule has 0 atom stereocenters. The minimum atomic E-state index is -0.0539. The summed E-state index contributed by atoms with van der Waals surface area (Å²) in [5.41, 5.74) is 2.80. The van der Waals surface area contributed by atoms with Crippen LogP contribution < -0.4 is 19.5 Å². The maximum Gasteiger partial charge on any atom is 0.224 e. The molecule has 5 heteroatoms. The van der Waals surface area contributed by atoms with Crippen molar-refractivity contribution in [3.8, 4) is 17.2 Å². The first-order valence-corrected chi connectivity index (χ1v) is 7.68. The van der Waals surface area contributed by atoms with E-state index in [1.807, 2.05) is 43.3 Å². The van der Waals surface area contributed by atoms with Gasteiger partial charge in [-0.05, 0) is 42.3 Å². The number of methoxy groups -OCH3 is 3. The Balaban J connectivity index is 2.00. The summed E-state index contributed by atoms with van der Waals surface area (Å²) in [5.74, 6) is 2.23. The molecule has 0 saturated carbocycles. The molecule has 0 fully saturated rings. The summed E-state index contributed by atoms with van der Waals surface area (Å²) >= 11 is 0. The van der Waals surface area contributed by atoms with Crippen LogP contribution in [0.5, 0.6) is 17.2 Å². The van der Waals surface area contributed by atoms with E-state index in [1.54, 1.807) is 21.3 Å². The summed E-state index contributed by atoms with van der Waals surface area (Å²) in [5, 5.41) is 2.92. The minimum Gasteiger partial charge on any atom is -0.497 e. The fourth-order valence-corrected chi connectivity index (χ4v) is 2.44. The Hall–Kier alpha value is -2.69. The number of hydrogen-bond acceptors (Lipinski definition) is 4. The van der Waals surface area contributed by atoms with Crippen molar-refractivity contribution >= 4 is 5.91 Å². The Kier molecular flexibility index (Phi) is 6.07. The van der Waals surface area contributed by atoms with E-state index < -0.39 is 0 Å². The molecule has 0 aliphatic rings. The van der Waals surface area contributed by atoms with Crippen LogP contribution in [0.3, 0.4) is 0 Å². The Morgan fingerprint density at radius 1 is 0.958 bits per heavy atom. The molecule has 0 radical (unpaired) electrons. The van der Waals surface area contributed by atoms with Crippen LogP contribution in [-0.4, -0.2) is 27.2 Å². The predicted molar refractivity (Wildman–Crippen MR) is 92.8 cm³/mol. The van der Waals surface area contributed by atoms with Crippen LogP contribution in [0.4, 0.5) is 0 Å². The molecule has 24 heavy (non-hydrogen) atoms. The molecule has 0 aliphatic carbocycles. The van der Waals surface area contributed by atoms with Crippen molar-refractivity contribution in [2.75, 3.05) is 21.3 Å². The van der Waals surface area contributed by atoms with Crippen LogP contribution in [0.25, 0.3) is 0 Å². The second-order valence-corrected chi connectivity index (χ2v) is 5.44. The van der Waals surface area contributed by atoms with Gasteiger partial charge >= 0.3 is 0 Å². The van der Waals surface area contributed by atoms with Gasteiger partial charge in [-0.25, -0.2) is 0 Å². The number of carbonyl (C=O) groups is 1. The summed E-state index contributed by atoms with van der Waals surface area (Å²) in [7, 11) is 4.86. The second kappa shape index (κ2) is 8.24. The molecule has 2 rings (SSSR count). The molecule has 1 N–H and O–H groups in total. The molecule has 0 unspecified atom stereocenters. The first kappa shape index (κ1) is 17.7. The Bertz CT molecular complexity index is 695. The molecule has 0 bridgehead atoms. The van der Waals surface area contributed by atoms with E-state index >= 15 is 0 Å². The number of aryl methyl sites for hydroxylation is 1. The lowest BCUT2D eigenvalue weighted by molar-refractivity contribution is -0.120. The van der Waals surface area contributed by atoms with Gasteiger partial charge in [0.2, 0.25) is 5.91 Å². The zero-order valence-electron chi connectivity index (χ0n) is 14.5. The number of rotatable bonds is 7. The van der Waals surface area contributed by atoms with Gasteiger partial charge in [0.05, 0.1) is 27.8 Å². The van der Waals surface area contributed by atoms with E-state index in [-0.39, 0.29) is 5.91 Å². The molecule has 0 aliphatic heterocycles. The topological polar surface area (TPSA) is 56.8 Å². The van der Waals surface area contributed by atoms with Gasteiger partial charge in [-0.15, -0.1) is 0 Å². The largest absolute Gasteiger partial charge is 0.497 e. The molecule has 5 nitrogen and oxygen atoms in total. The number of benzene rings is 2. The minimum absolute atomic E-state index is 0.0539. The lowest BCUT2D eigenvalue weighted by Crippen LogP contribution is -2.24. The van der Waals surface area contributed by atoms with Crippen molar-refractivity contribution in [1.29, 1.82) is 0 Å². The molecule has 0 spiro atoms. The van der Waals surface area contributed by atoms with E-state index in [9.17, 15) is 4.79 Å². The third-order valence-corrected chi connectivity index (χ3v) is 3.80. The highest BCUT2D eigenvalue weighted by Gasteiger charge is 2.10. The summed E-state index contributed by atoms with van der Waals surface area (Å²) < 4.78 is 15.8. The molecule has 2 aromatic rings. The molecule has 128 valence electrons. The van der Waals surface area contributed by atoms with Crippen molar-refractivity contribution in [3.63, 3.8) is 0 Å². The van der Waals surface area contributed by atoms with Crippen molar-refractivity contribution in [3.05, 3.63) is 53.1 Å². The number of hydrogen-bond donors (Lipinski definition) is 1. The fourth-order valence-electron chi connectivity index (χ4n) is 2.44. The monoisotopic (exact) mass is 329 g/mol. The lowest BCUT2D eigenvalue weighted by atomic mass is 10.1. The number of ether oxygens (including phenoxy) is 3. The van der Waals surface area contributed by atoms with Crippen LogP contribution in [0.2, 0.25) is 0 Å². The lowest BCUT2D eigenvalue weighted by Gasteiger charge is -2.13. The van der Waals surface area contributed by atoms with Gasteiger partial charge in [-0.3, -0.25) is 4.79 Å². The molecule has 2 aromatic carbocycles. The summed E-state index contributed by atoms with van der Waals surface area (Å²) in [6, 6.07) is 11.3. The van der Waals surface area contributed by atoms with E-state index in [0.29, 0.717) is 13.0 Å². The van der Waals surface area contributed by atoms with Gasteiger partial charge in [0.1, 0.15) is 17.2 Å². The first-order chi connectivity index (χ1) is 11.6. The zero-order chi connectivity index (χ0) is 17.5. The van der Waals surface area contributed by atoms with Gasteiger partial charge in [0, 0.05) is 12.1 Å². The fraction of sp³-hybridized carbons (Fsp3) is 0.316. The Labute approximate surface area is 142 Å². The summed E-state index contributed by atoms with van der Waals surface area (Å²) in [6.07, 6.45) is 0.315. The van der Waals surface area contributed by atoms with E-state index in [1.165, 1.54) is 0 Å². The normalized spacial score (nSPS) is 10.2. The van der Waals surface area contributed by atoms with E-state index in [0.717, 1.165) is 33.9 Å². The SMILES string of the molecule is COc1ccc(CC(=O)NCc2cc(OC)c(C)cc2OC)cc1. The van der Waals surface area contributed by atoms with E-state index in [2.05, 4.69) is 5.32 Å². The van der Waals surface area contributed by atoms with Crippen LogP contribution in [-0.2, 0) is 17.8 Å². The van der Waals surface area contributed by atoms with Crippen molar-refractivity contribution in [2.45, 2.75) is 19.9 Å². The van der Waals surface area contributed by atoms with Gasteiger partial charge < -0.3 is 19.5 Å². The molecule has 0 aromatic heterocycles. The standard InChI is InChI=1S/C19H23NO4/c1-13-9-18(24-4)15(11-17(13)23-3)12-20-19(21)10-14-5-7-16(22-2)8-6-14/h5-9,11H,10,12H2,1-4H3,(H,20,21). The number of carbonyl (C=O) groups excluding carboxylic acids is 1. The Morgan fingerprint density at radius 3 is 2.21 bits per heavy atom. The van der Waals surface area contributed by atoms with Crippen molar-refractivity contribution in [2.24, 2.45) is 0 Å². The molecular weight excluding hydrogens is 306 g/mol. The third kappa shape index (κ3) is 4.41. The zero-order valence-corrected chi connectivity index (χ0v) is 14.5. The van der Waals surface area contributed by atoms with Gasteiger partial charge in [0.15, 0.2) is 0 Å². The highest BCUT2D eigenvalue weighted by Crippen LogP contribution is 2.28. The second-order valence-electron chi connectivity index (χ2n) is 5.44. The average molecular weight is 329 g/mol. The smallest absolute Gasteiger partial charge is 0.224 e. The van der Waals surface area contributed by atoms with Gasteiger partial charge in [0.25, 0.3) is 0 Å². The van der Waals surface area contributed by atoms with Gasteiger partial charge in [-0.2, -0.15) is 0 Å².